The number of nitrogens with one attached hydrogen (secondary N) is 2. The highest BCUT2D eigenvalue weighted by molar-refractivity contribution is 6.08. The second kappa shape index (κ2) is 11.1. The molecular formula is C29H36N4O2. The van der Waals surface area contributed by atoms with E-state index in [1.165, 1.54) is 6.20 Å². The molecule has 0 aliphatic heterocycles. The van der Waals surface area contributed by atoms with Crippen molar-refractivity contribution in [2.24, 2.45) is 5.73 Å². The van der Waals surface area contributed by atoms with Gasteiger partial charge in [-0.1, -0.05) is 31.6 Å². The number of aromatic amines is 1. The first-order valence-electron chi connectivity index (χ1n) is 12.1. The molecule has 0 bridgehead atoms. The lowest BCUT2D eigenvalue weighted by atomic mass is 9.95. The summed E-state index contributed by atoms with van der Waals surface area (Å²) in [5.74, 6) is -0.226. The Bertz CT molecular complexity index is 1370. The zero-order valence-corrected chi connectivity index (χ0v) is 21.4. The van der Waals surface area contributed by atoms with Crippen LogP contribution in [0.3, 0.4) is 0 Å². The maximum absolute atomic E-state index is 13.5. The zero-order chi connectivity index (χ0) is 25.7. The monoisotopic (exact) mass is 472 g/mol. The molecule has 35 heavy (non-hydrogen) atoms. The lowest BCUT2D eigenvalue weighted by Crippen LogP contribution is -2.28. The summed E-state index contributed by atoms with van der Waals surface area (Å²) in [5.41, 5.74) is 12.0. The van der Waals surface area contributed by atoms with Gasteiger partial charge in [0.1, 0.15) is 0 Å². The van der Waals surface area contributed by atoms with Crippen molar-refractivity contribution in [1.82, 2.24) is 14.9 Å². The molecule has 0 saturated heterocycles. The fourth-order valence-corrected chi connectivity index (χ4v) is 4.43. The highest BCUT2D eigenvalue weighted by atomic mass is 16.1. The molecule has 2 heterocycles. The summed E-state index contributed by atoms with van der Waals surface area (Å²) in [6.45, 7) is 14.4. The fourth-order valence-electron chi connectivity index (χ4n) is 4.43. The number of benzene rings is 1. The van der Waals surface area contributed by atoms with Crippen molar-refractivity contribution in [1.29, 1.82) is 0 Å². The Morgan fingerprint density at radius 2 is 2.03 bits per heavy atom. The van der Waals surface area contributed by atoms with Crippen LogP contribution in [0.1, 0.15) is 72.9 Å². The molecule has 0 unspecified atom stereocenters. The molecule has 6 nitrogen and oxygen atoms in total. The standard InChI is InChI=1S/C29H36N4O2/c1-7-9-21-14-20(6)32-29(35)26(21)17-31-28(34)25-15-22(23(18(2)3)10-8-12-30)16-27-24(25)11-13-33(27)19(4)5/h8,10-16,19H,2,7,9,17,30H2,1,3-6H3,(H,31,34)(H,32,35)/b12-8-,23-10+. The minimum atomic E-state index is -0.226. The number of rotatable bonds is 9. The average molecular weight is 473 g/mol. The van der Waals surface area contributed by atoms with Crippen LogP contribution < -0.4 is 16.6 Å². The van der Waals surface area contributed by atoms with E-state index in [0.29, 0.717) is 11.1 Å². The Labute approximate surface area is 207 Å². The van der Waals surface area contributed by atoms with E-state index in [9.17, 15) is 9.59 Å². The summed E-state index contributed by atoms with van der Waals surface area (Å²) in [6.07, 6.45) is 8.84. The van der Waals surface area contributed by atoms with Crippen LogP contribution in [0, 0.1) is 6.92 Å². The number of hydrogen-bond acceptors (Lipinski definition) is 3. The van der Waals surface area contributed by atoms with Gasteiger partial charge in [0.2, 0.25) is 0 Å². The largest absolute Gasteiger partial charge is 0.405 e. The van der Waals surface area contributed by atoms with E-state index >= 15 is 0 Å². The highest BCUT2D eigenvalue weighted by Gasteiger charge is 2.18. The summed E-state index contributed by atoms with van der Waals surface area (Å²) < 4.78 is 2.15. The molecule has 3 rings (SSSR count). The molecule has 4 N–H and O–H groups in total. The number of nitrogens with two attached hydrogens (primary N) is 1. The number of carbonyl (C=O) groups excluding carboxylic acids is 1. The number of fused-ring (bicyclic) bond motifs is 1. The Balaban J connectivity index is 2.09. The molecule has 0 spiro atoms. The molecule has 0 atom stereocenters. The quantitative estimate of drug-likeness (QED) is 0.357. The van der Waals surface area contributed by atoms with Gasteiger partial charge in [0.15, 0.2) is 0 Å². The second-order valence-electron chi connectivity index (χ2n) is 9.24. The lowest BCUT2D eigenvalue weighted by Gasteiger charge is -2.15. The Hall–Kier alpha value is -3.80. The number of aryl methyl sites for hydroxylation is 2. The van der Waals surface area contributed by atoms with Gasteiger partial charge in [-0.15, -0.1) is 0 Å². The van der Waals surface area contributed by atoms with E-state index in [2.05, 4.69) is 48.3 Å². The molecule has 0 aliphatic rings. The van der Waals surface area contributed by atoms with Crippen LogP contribution in [0.15, 0.2) is 65.8 Å². The van der Waals surface area contributed by atoms with Crippen molar-refractivity contribution in [3.8, 4) is 0 Å². The fraction of sp³-hybridized carbons (Fsp3) is 0.310. The van der Waals surface area contributed by atoms with Gasteiger partial charge in [0, 0.05) is 46.5 Å². The van der Waals surface area contributed by atoms with E-state index in [4.69, 9.17) is 5.73 Å². The van der Waals surface area contributed by atoms with Gasteiger partial charge < -0.3 is 20.6 Å². The first kappa shape index (κ1) is 25.8. The van der Waals surface area contributed by atoms with Crippen molar-refractivity contribution in [3.63, 3.8) is 0 Å². The van der Waals surface area contributed by atoms with Crippen molar-refractivity contribution < 1.29 is 4.79 Å². The van der Waals surface area contributed by atoms with Crippen molar-refractivity contribution in [3.05, 3.63) is 99.3 Å². The number of pyridine rings is 1. The molecule has 6 heteroatoms. The molecule has 1 aromatic carbocycles. The maximum atomic E-state index is 13.5. The highest BCUT2D eigenvalue weighted by Crippen LogP contribution is 2.31. The first-order chi connectivity index (χ1) is 16.7. The van der Waals surface area contributed by atoms with Crippen LogP contribution >= 0.6 is 0 Å². The Morgan fingerprint density at radius 3 is 2.66 bits per heavy atom. The van der Waals surface area contributed by atoms with E-state index in [0.717, 1.165) is 51.7 Å². The molecule has 0 aliphatic carbocycles. The molecule has 1 amide bonds. The normalized spacial score (nSPS) is 12.1. The van der Waals surface area contributed by atoms with E-state index < -0.39 is 0 Å². The van der Waals surface area contributed by atoms with Gasteiger partial charge in [-0.2, -0.15) is 0 Å². The molecule has 184 valence electrons. The van der Waals surface area contributed by atoms with Crippen LogP contribution in [0.25, 0.3) is 16.5 Å². The van der Waals surface area contributed by atoms with Gasteiger partial charge in [0.05, 0.1) is 0 Å². The first-order valence-corrected chi connectivity index (χ1v) is 12.1. The van der Waals surface area contributed by atoms with Crippen LogP contribution in [-0.4, -0.2) is 15.5 Å². The summed E-state index contributed by atoms with van der Waals surface area (Å²) in [5, 5.41) is 3.86. The lowest BCUT2D eigenvalue weighted by molar-refractivity contribution is 0.0952. The van der Waals surface area contributed by atoms with Crippen LogP contribution in [0.2, 0.25) is 0 Å². The maximum Gasteiger partial charge on any atom is 0.253 e. The third-order valence-electron chi connectivity index (χ3n) is 6.09. The number of carbonyl (C=O) groups is 1. The number of amides is 1. The van der Waals surface area contributed by atoms with Crippen molar-refractivity contribution >= 4 is 22.4 Å². The van der Waals surface area contributed by atoms with Gasteiger partial charge in [-0.25, -0.2) is 0 Å². The van der Waals surface area contributed by atoms with Crippen LogP contribution in [0.4, 0.5) is 0 Å². The Kier molecular flexibility index (Phi) is 8.18. The van der Waals surface area contributed by atoms with Crippen LogP contribution in [0.5, 0.6) is 0 Å². The minimum absolute atomic E-state index is 0.153. The van der Waals surface area contributed by atoms with E-state index in [1.54, 1.807) is 6.08 Å². The SMILES string of the molecule is C=C(C)/C(=C\C=C/N)c1cc(C(=O)NCc2c(CCC)cc(C)[nH]c2=O)c2ccn(C(C)C)c2c1. The second-order valence-corrected chi connectivity index (χ2v) is 9.24. The molecule has 0 fully saturated rings. The number of hydrogen-bond donors (Lipinski definition) is 3. The van der Waals surface area contributed by atoms with Crippen molar-refractivity contribution in [2.75, 3.05) is 0 Å². The van der Waals surface area contributed by atoms with Gasteiger partial charge >= 0.3 is 0 Å². The van der Waals surface area contributed by atoms with E-state index in [-0.39, 0.29) is 24.1 Å². The van der Waals surface area contributed by atoms with Crippen LogP contribution in [-0.2, 0) is 13.0 Å². The third-order valence-corrected chi connectivity index (χ3v) is 6.09. The zero-order valence-electron chi connectivity index (χ0n) is 21.4. The smallest absolute Gasteiger partial charge is 0.253 e. The topological polar surface area (TPSA) is 92.9 Å². The van der Waals surface area contributed by atoms with Crippen molar-refractivity contribution in [2.45, 2.75) is 60.0 Å². The molecule has 2 aromatic heterocycles. The number of allylic oxidation sites excluding steroid dienone is 4. The van der Waals surface area contributed by atoms with E-state index in [1.807, 2.05) is 44.3 Å². The molecule has 0 saturated carbocycles. The van der Waals surface area contributed by atoms with Gasteiger partial charge in [-0.05, 0) is 87.4 Å². The molecular weight excluding hydrogens is 436 g/mol. The Morgan fingerprint density at radius 1 is 1.29 bits per heavy atom. The number of aromatic nitrogens is 2. The third kappa shape index (κ3) is 5.65. The number of nitrogens with zero attached hydrogens (tertiary/aromatic N) is 1. The summed E-state index contributed by atoms with van der Waals surface area (Å²) >= 11 is 0. The minimum Gasteiger partial charge on any atom is -0.405 e. The predicted octanol–water partition coefficient (Wildman–Crippen LogP) is 5.53. The molecule has 3 aromatic rings. The molecule has 0 radical (unpaired) electrons. The van der Waals surface area contributed by atoms with Gasteiger partial charge in [0.25, 0.3) is 11.5 Å². The average Bonchev–Trinajstić information content (AvgIpc) is 3.22. The van der Waals surface area contributed by atoms with Gasteiger partial charge in [-0.3, -0.25) is 9.59 Å². The summed E-state index contributed by atoms with van der Waals surface area (Å²) in [6, 6.07) is 8.16. The predicted molar refractivity (Wildman–Crippen MR) is 145 cm³/mol. The summed E-state index contributed by atoms with van der Waals surface area (Å²) in [4.78, 5) is 29.0. The summed E-state index contributed by atoms with van der Waals surface area (Å²) in [7, 11) is 0. The number of H-pyrrole nitrogens is 1.